The smallest absolute Gasteiger partial charge is 0.354 e. The number of nitrogens with zero attached hydrogens (tertiary/aromatic N) is 4. The molecule has 3 rings (SSSR count). The van der Waals surface area contributed by atoms with Crippen LogP contribution >= 0.6 is 0 Å². The van der Waals surface area contributed by atoms with Gasteiger partial charge in [0.2, 0.25) is 0 Å². The van der Waals surface area contributed by atoms with Gasteiger partial charge in [0.05, 0.1) is 23.5 Å². The molecule has 2 heterocycles. The predicted octanol–water partition coefficient (Wildman–Crippen LogP) is 2.10. The second kappa shape index (κ2) is 4.53. The van der Waals surface area contributed by atoms with Gasteiger partial charge in [0, 0.05) is 13.2 Å². The molecule has 0 atom stereocenters. The highest BCUT2D eigenvalue weighted by atomic mass is 16.4. The molecule has 6 nitrogen and oxygen atoms in total. The van der Waals surface area contributed by atoms with E-state index < -0.39 is 5.97 Å². The topological polar surface area (TPSA) is 72.9 Å². The van der Waals surface area contributed by atoms with E-state index in [0.29, 0.717) is 17.3 Å². The molecule has 1 N–H and O–H groups in total. The standard InChI is InChI=1S/C13H16N4O2/c1-16-12(13(18)19)10(8-14-16)11-6-7-17(15-11)9-4-2-3-5-9/h6-9H,2-5H2,1H3,(H,18,19). The summed E-state index contributed by atoms with van der Waals surface area (Å²) in [5.74, 6) is -0.981. The number of rotatable bonds is 3. The van der Waals surface area contributed by atoms with Crippen LogP contribution in [0.4, 0.5) is 0 Å². The van der Waals surface area contributed by atoms with Crippen molar-refractivity contribution >= 4 is 5.97 Å². The Kier molecular flexibility index (Phi) is 2.85. The van der Waals surface area contributed by atoms with E-state index in [1.807, 2.05) is 16.9 Å². The molecule has 2 aromatic heterocycles. The summed E-state index contributed by atoms with van der Waals surface area (Å²) in [7, 11) is 1.63. The van der Waals surface area contributed by atoms with Crippen LogP contribution in [0.1, 0.15) is 42.2 Å². The Bertz CT molecular complexity index is 608. The monoisotopic (exact) mass is 260 g/mol. The van der Waals surface area contributed by atoms with Gasteiger partial charge >= 0.3 is 5.97 Å². The van der Waals surface area contributed by atoms with Crippen LogP contribution in [-0.2, 0) is 7.05 Å². The highest BCUT2D eigenvalue weighted by molar-refractivity contribution is 5.93. The summed E-state index contributed by atoms with van der Waals surface area (Å²) >= 11 is 0. The summed E-state index contributed by atoms with van der Waals surface area (Å²) in [6, 6.07) is 2.32. The fraction of sp³-hybridized carbons (Fsp3) is 0.462. The minimum absolute atomic E-state index is 0.177. The summed E-state index contributed by atoms with van der Waals surface area (Å²) in [5, 5.41) is 17.7. The molecule has 19 heavy (non-hydrogen) atoms. The second-order valence-electron chi connectivity index (χ2n) is 4.95. The lowest BCUT2D eigenvalue weighted by Crippen LogP contribution is -2.08. The van der Waals surface area contributed by atoms with Crippen LogP contribution in [-0.4, -0.2) is 30.6 Å². The van der Waals surface area contributed by atoms with Crippen molar-refractivity contribution in [3.05, 3.63) is 24.2 Å². The third-order valence-electron chi connectivity index (χ3n) is 3.72. The van der Waals surface area contributed by atoms with Gasteiger partial charge in [0.25, 0.3) is 0 Å². The number of hydrogen-bond acceptors (Lipinski definition) is 3. The average molecular weight is 260 g/mol. The Balaban J connectivity index is 1.96. The lowest BCUT2D eigenvalue weighted by molar-refractivity contribution is 0.0686. The number of aromatic nitrogens is 4. The van der Waals surface area contributed by atoms with Gasteiger partial charge in [-0.15, -0.1) is 0 Å². The zero-order chi connectivity index (χ0) is 13.4. The fourth-order valence-corrected chi connectivity index (χ4v) is 2.73. The van der Waals surface area contributed by atoms with Gasteiger partial charge in [0.15, 0.2) is 5.69 Å². The Morgan fingerprint density at radius 1 is 1.42 bits per heavy atom. The number of hydrogen-bond donors (Lipinski definition) is 1. The fourth-order valence-electron chi connectivity index (χ4n) is 2.73. The maximum Gasteiger partial charge on any atom is 0.354 e. The van der Waals surface area contributed by atoms with Crippen LogP contribution in [0.2, 0.25) is 0 Å². The normalized spacial score (nSPS) is 16.1. The molecule has 1 saturated carbocycles. The van der Waals surface area contributed by atoms with E-state index in [1.165, 1.54) is 17.5 Å². The molecule has 0 saturated heterocycles. The highest BCUT2D eigenvalue weighted by Crippen LogP contribution is 2.30. The number of carboxylic acids is 1. The molecule has 0 bridgehead atoms. The van der Waals surface area contributed by atoms with E-state index in [-0.39, 0.29) is 5.69 Å². The van der Waals surface area contributed by atoms with Crippen molar-refractivity contribution in [2.75, 3.05) is 0 Å². The van der Waals surface area contributed by atoms with E-state index in [0.717, 1.165) is 12.8 Å². The van der Waals surface area contributed by atoms with E-state index in [4.69, 9.17) is 0 Å². The molecule has 1 aliphatic carbocycles. The molecule has 0 aliphatic heterocycles. The highest BCUT2D eigenvalue weighted by Gasteiger charge is 2.21. The van der Waals surface area contributed by atoms with Gasteiger partial charge in [-0.05, 0) is 18.9 Å². The van der Waals surface area contributed by atoms with Crippen LogP contribution in [0.3, 0.4) is 0 Å². The first-order valence-electron chi connectivity index (χ1n) is 6.47. The largest absolute Gasteiger partial charge is 0.477 e. The first-order chi connectivity index (χ1) is 9.16. The Morgan fingerprint density at radius 3 is 2.84 bits per heavy atom. The van der Waals surface area contributed by atoms with E-state index >= 15 is 0 Å². The Hall–Kier alpha value is -2.11. The van der Waals surface area contributed by atoms with Crippen molar-refractivity contribution in [1.29, 1.82) is 0 Å². The number of carbonyl (C=O) groups is 1. The summed E-state index contributed by atoms with van der Waals surface area (Å²) in [4.78, 5) is 11.2. The van der Waals surface area contributed by atoms with E-state index in [2.05, 4.69) is 10.2 Å². The van der Waals surface area contributed by atoms with Crippen molar-refractivity contribution in [1.82, 2.24) is 19.6 Å². The van der Waals surface area contributed by atoms with Gasteiger partial charge in [-0.25, -0.2) is 4.79 Å². The predicted molar refractivity (Wildman–Crippen MR) is 68.9 cm³/mol. The summed E-state index contributed by atoms with van der Waals surface area (Å²) in [6.45, 7) is 0. The van der Waals surface area contributed by atoms with Gasteiger partial charge in [-0.1, -0.05) is 12.8 Å². The SMILES string of the molecule is Cn1ncc(-c2ccn(C3CCCC3)n2)c1C(=O)O. The number of carboxylic acid groups (broad SMARTS) is 1. The molecule has 1 aliphatic rings. The summed E-state index contributed by atoms with van der Waals surface area (Å²) in [5.41, 5.74) is 1.43. The lowest BCUT2D eigenvalue weighted by Gasteiger charge is -2.08. The molecule has 0 radical (unpaired) electrons. The van der Waals surface area contributed by atoms with Gasteiger partial charge in [0.1, 0.15) is 0 Å². The molecule has 0 unspecified atom stereocenters. The Morgan fingerprint density at radius 2 is 2.16 bits per heavy atom. The van der Waals surface area contributed by atoms with E-state index in [9.17, 15) is 9.90 Å². The van der Waals surface area contributed by atoms with Crippen LogP contribution in [0.25, 0.3) is 11.3 Å². The molecular weight excluding hydrogens is 244 g/mol. The van der Waals surface area contributed by atoms with Crippen molar-refractivity contribution in [3.63, 3.8) is 0 Å². The summed E-state index contributed by atoms with van der Waals surface area (Å²) in [6.07, 6.45) is 8.29. The number of aryl methyl sites for hydroxylation is 1. The Labute approximate surface area is 110 Å². The zero-order valence-electron chi connectivity index (χ0n) is 10.8. The van der Waals surface area contributed by atoms with Crippen LogP contribution < -0.4 is 0 Å². The van der Waals surface area contributed by atoms with Gasteiger partial charge < -0.3 is 5.11 Å². The molecule has 1 fully saturated rings. The zero-order valence-corrected chi connectivity index (χ0v) is 10.8. The first-order valence-corrected chi connectivity index (χ1v) is 6.47. The van der Waals surface area contributed by atoms with Crippen LogP contribution in [0, 0.1) is 0 Å². The second-order valence-corrected chi connectivity index (χ2v) is 4.95. The van der Waals surface area contributed by atoms with Crippen molar-refractivity contribution in [2.45, 2.75) is 31.7 Å². The first kappa shape index (κ1) is 12.0. The quantitative estimate of drug-likeness (QED) is 0.917. The van der Waals surface area contributed by atoms with Crippen molar-refractivity contribution in [2.24, 2.45) is 7.05 Å². The van der Waals surface area contributed by atoms with Gasteiger partial charge in [-0.2, -0.15) is 10.2 Å². The average Bonchev–Trinajstić information content (AvgIpc) is 3.07. The molecular formula is C13H16N4O2. The molecule has 6 heteroatoms. The summed E-state index contributed by atoms with van der Waals surface area (Å²) < 4.78 is 3.33. The molecule has 100 valence electrons. The maximum absolute atomic E-state index is 11.2. The van der Waals surface area contributed by atoms with E-state index in [1.54, 1.807) is 13.2 Å². The van der Waals surface area contributed by atoms with Crippen LogP contribution in [0.5, 0.6) is 0 Å². The minimum atomic E-state index is -0.981. The third-order valence-corrected chi connectivity index (χ3v) is 3.72. The maximum atomic E-state index is 11.2. The van der Waals surface area contributed by atoms with Crippen molar-refractivity contribution in [3.8, 4) is 11.3 Å². The van der Waals surface area contributed by atoms with Crippen LogP contribution in [0.15, 0.2) is 18.5 Å². The minimum Gasteiger partial charge on any atom is -0.477 e. The number of aromatic carboxylic acids is 1. The molecule has 0 spiro atoms. The lowest BCUT2D eigenvalue weighted by atomic mass is 10.2. The molecule has 0 amide bonds. The molecule has 2 aromatic rings. The van der Waals surface area contributed by atoms with Gasteiger partial charge in [-0.3, -0.25) is 9.36 Å². The third kappa shape index (κ3) is 2.03. The van der Waals surface area contributed by atoms with Crippen molar-refractivity contribution < 1.29 is 9.90 Å². The molecule has 0 aromatic carbocycles.